The third-order valence-corrected chi connectivity index (χ3v) is 6.21. The molecule has 32 heavy (non-hydrogen) atoms. The summed E-state index contributed by atoms with van der Waals surface area (Å²) in [6.45, 7) is 2.87. The van der Waals surface area contributed by atoms with Crippen molar-refractivity contribution in [1.82, 2.24) is 9.80 Å². The van der Waals surface area contributed by atoms with Gasteiger partial charge >= 0.3 is 0 Å². The molecule has 5 nitrogen and oxygen atoms in total. The molecule has 2 heterocycles. The lowest BCUT2D eigenvalue weighted by Gasteiger charge is -2.32. The minimum Gasteiger partial charge on any atom is -0.493 e. The second-order valence-corrected chi connectivity index (χ2v) is 8.54. The van der Waals surface area contributed by atoms with Gasteiger partial charge in [0.25, 0.3) is 11.8 Å². The Balaban J connectivity index is 1.32. The van der Waals surface area contributed by atoms with Gasteiger partial charge in [-0.1, -0.05) is 6.07 Å². The highest BCUT2D eigenvalue weighted by Crippen LogP contribution is 2.23. The van der Waals surface area contributed by atoms with E-state index < -0.39 is 23.1 Å². The minimum atomic E-state index is -0.840. The number of benzene rings is 2. The lowest BCUT2D eigenvalue weighted by atomic mass is 9.98. The predicted octanol–water partition coefficient (Wildman–Crippen LogP) is 4.52. The zero-order valence-electron chi connectivity index (χ0n) is 18.1. The monoisotopic (exact) mass is 442 g/mol. The predicted molar refractivity (Wildman–Crippen MR) is 117 cm³/mol. The third-order valence-electron chi connectivity index (χ3n) is 6.21. The molecule has 0 bridgehead atoms. The van der Waals surface area contributed by atoms with Crippen molar-refractivity contribution >= 4 is 11.8 Å². The molecule has 0 unspecified atom stereocenters. The zero-order valence-corrected chi connectivity index (χ0v) is 18.1. The molecule has 7 heteroatoms. The van der Waals surface area contributed by atoms with E-state index in [9.17, 15) is 18.4 Å². The van der Waals surface area contributed by atoms with Crippen LogP contribution in [0.2, 0.25) is 0 Å². The Morgan fingerprint density at radius 2 is 1.50 bits per heavy atom. The van der Waals surface area contributed by atoms with Crippen LogP contribution in [0.4, 0.5) is 8.78 Å². The Bertz CT molecular complexity index is 938. The molecule has 1 atom stereocenters. The summed E-state index contributed by atoms with van der Waals surface area (Å²) in [6.07, 6.45) is 4.90. The molecule has 0 radical (unpaired) electrons. The van der Waals surface area contributed by atoms with Gasteiger partial charge in [-0.25, -0.2) is 8.78 Å². The summed E-state index contributed by atoms with van der Waals surface area (Å²) >= 11 is 0. The van der Waals surface area contributed by atoms with Crippen molar-refractivity contribution in [1.29, 1.82) is 0 Å². The summed E-state index contributed by atoms with van der Waals surface area (Å²) in [7, 11) is 0. The number of likely N-dealkylation sites (tertiary alicyclic amines) is 2. The number of nitrogens with zero attached hydrogens (tertiary/aromatic N) is 2. The zero-order chi connectivity index (χ0) is 22.5. The van der Waals surface area contributed by atoms with Crippen molar-refractivity contribution in [2.45, 2.75) is 32.1 Å². The summed E-state index contributed by atoms with van der Waals surface area (Å²) in [5.74, 6) is -1.52. The van der Waals surface area contributed by atoms with Crippen molar-refractivity contribution < 1.29 is 23.1 Å². The molecule has 0 aromatic heterocycles. The summed E-state index contributed by atoms with van der Waals surface area (Å²) in [4.78, 5) is 28.6. The highest BCUT2D eigenvalue weighted by atomic mass is 19.1. The van der Waals surface area contributed by atoms with Gasteiger partial charge in [-0.15, -0.1) is 0 Å². The van der Waals surface area contributed by atoms with Gasteiger partial charge in [-0.05, 0) is 68.5 Å². The van der Waals surface area contributed by atoms with Gasteiger partial charge in [0.05, 0.1) is 6.61 Å². The maximum Gasteiger partial charge on any atom is 0.259 e. The summed E-state index contributed by atoms with van der Waals surface area (Å²) in [5, 5.41) is 0. The van der Waals surface area contributed by atoms with Crippen LogP contribution in [0, 0.1) is 17.6 Å². The van der Waals surface area contributed by atoms with Gasteiger partial charge in [0.2, 0.25) is 0 Å². The quantitative estimate of drug-likeness (QED) is 0.684. The molecular formula is C25H28F2N2O3. The lowest BCUT2D eigenvalue weighted by Crippen LogP contribution is -2.42. The maximum atomic E-state index is 14.0. The number of rotatable bonds is 5. The SMILES string of the molecule is O=C(c1ccc(OC[C@H]2CCCN(C(=O)c3c(F)cccc3F)C2)cc1)N1CCCCC1. The van der Waals surface area contributed by atoms with E-state index in [-0.39, 0.29) is 11.8 Å². The number of carbonyl (C=O) groups excluding carboxylic acids is 2. The number of carbonyl (C=O) groups is 2. The van der Waals surface area contributed by atoms with Crippen LogP contribution in [0.3, 0.4) is 0 Å². The highest BCUT2D eigenvalue weighted by molar-refractivity contribution is 5.95. The first kappa shape index (κ1) is 22.2. The van der Waals surface area contributed by atoms with Crippen molar-refractivity contribution in [2.24, 2.45) is 5.92 Å². The number of hydrogen-bond acceptors (Lipinski definition) is 3. The molecule has 2 aliphatic heterocycles. The molecule has 2 aromatic rings. The highest BCUT2D eigenvalue weighted by Gasteiger charge is 2.28. The van der Waals surface area contributed by atoms with Crippen molar-refractivity contribution in [3.05, 3.63) is 65.2 Å². The first-order valence-corrected chi connectivity index (χ1v) is 11.3. The van der Waals surface area contributed by atoms with Crippen LogP contribution in [-0.2, 0) is 0 Å². The minimum absolute atomic E-state index is 0.0538. The molecule has 0 spiro atoms. The first-order valence-electron chi connectivity index (χ1n) is 11.3. The van der Waals surface area contributed by atoms with E-state index >= 15 is 0 Å². The van der Waals surface area contributed by atoms with Crippen LogP contribution < -0.4 is 4.74 Å². The van der Waals surface area contributed by atoms with E-state index in [1.54, 1.807) is 24.3 Å². The van der Waals surface area contributed by atoms with E-state index in [1.165, 1.54) is 17.4 Å². The molecule has 2 fully saturated rings. The van der Waals surface area contributed by atoms with Gasteiger partial charge in [0.15, 0.2) is 0 Å². The normalized spacial score (nSPS) is 19.0. The Labute approximate surface area is 187 Å². The number of halogens is 2. The number of hydrogen-bond donors (Lipinski definition) is 0. The number of piperidine rings is 2. The van der Waals surface area contributed by atoms with Crippen LogP contribution in [0.25, 0.3) is 0 Å². The van der Waals surface area contributed by atoms with Crippen LogP contribution in [0.1, 0.15) is 52.8 Å². The molecule has 2 amide bonds. The number of ether oxygens (including phenoxy) is 1. The van der Waals surface area contributed by atoms with Crippen LogP contribution in [0.15, 0.2) is 42.5 Å². The average Bonchev–Trinajstić information content (AvgIpc) is 2.83. The van der Waals surface area contributed by atoms with Crippen molar-refractivity contribution in [3.8, 4) is 5.75 Å². The van der Waals surface area contributed by atoms with Crippen LogP contribution in [-0.4, -0.2) is 54.4 Å². The molecule has 0 N–H and O–H groups in total. The fourth-order valence-electron chi connectivity index (χ4n) is 4.43. The fraction of sp³-hybridized carbons (Fsp3) is 0.440. The second-order valence-electron chi connectivity index (χ2n) is 8.54. The largest absolute Gasteiger partial charge is 0.493 e. The summed E-state index contributed by atoms with van der Waals surface area (Å²) in [6, 6.07) is 10.6. The Morgan fingerprint density at radius 1 is 0.844 bits per heavy atom. The fourth-order valence-corrected chi connectivity index (χ4v) is 4.43. The van der Waals surface area contributed by atoms with Gasteiger partial charge in [0, 0.05) is 37.7 Å². The van der Waals surface area contributed by atoms with Gasteiger partial charge in [-0.2, -0.15) is 0 Å². The second kappa shape index (κ2) is 10.1. The van der Waals surface area contributed by atoms with Crippen LogP contribution in [0.5, 0.6) is 5.75 Å². The first-order chi connectivity index (χ1) is 15.5. The van der Waals surface area contributed by atoms with E-state index in [0.29, 0.717) is 31.0 Å². The van der Waals surface area contributed by atoms with Crippen molar-refractivity contribution in [2.75, 3.05) is 32.8 Å². The Kier molecular flexibility index (Phi) is 7.02. The van der Waals surface area contributed by atoms with E-state index in [4.69, 9.17) is 4.74 Å². The third kappa shape index (κ3) is 5.09. The summed E-state index contributed by atoms with van der Waals surface area (Å²) in [5.41, 5.74) is 0.156. The van der Waals surface area contributed by atoms with E-state index in [2.05, 4.69) is 0 Å². The van der Waals surface area contributed by atoms with Gasteiger partial charge < -0.3 is 14.5 Å². The van der Waals surface area contributed by atoms with Crippen molar-refractivity contribution in [3.63, 3.8) is 0 Å². The van der Waals surface area contributed by atoms with E-state index in [0.717, 1.165) is 50.9 Å². The van der Waals surface area contributed by atoms with Gasteiger partial charge in [0.1, 0.15) is 22.9 Å². The smallest absolute Gasteiger partial charge is 0.259 e. The molecule has 0 saturated carbocycles. The average molecular weight is 443 g/mol. The number of amides is 2. The molecule has 2 aromatic carbocycles. The lowest BCUT2D eigenvalue weighted by molar-refractivity contribution is 0.0623. The maximum absolute atomic E-state index is 14.0. The molecule has 2 saturated heterocycles. The molecule has 2 aliphatic rings. The summed E-state index contributed by atoms with van der Waals surface area (Å²) < 4.78 is 33.9. The molecule has 0 aliphatic carbocycles. The molecule has 170 valence electrons. The standard InChI is InChI=1S/C25H28F2N2O3/c26-21-7-4-8-22(27)23(21)25(31)29-15-5-6-18(16-29)17-32-20-11-9-19(10-12-20)24(30)28-13-2-1-3-14-28/h4,7-12,18H,1-3,5-6,13-17H2/t18-/m0/s1. The Hall–Kier alpha value is -2.96. The molecular weight excluding hydrogens is 414 g/mol. The Morgan fingerprint density at radius 3 is 2.19 bits per heavy atom. The van der Waals surface area contributed by atoms with Gasteiger partial charge in [-0.3, -0.25) is 9.59 Å². The van der Waals surface area contributed by atoms with Crippen LogP contribution >= 0.6 is 0 Å². The molecule has 4 rings (SSSR count). The van der Waals surface area contributed by atoms with E-state index in [1.807, 2.05) is 4.90 Å². The topological polar surface area (TPSA) is 49.9 Å².